The number of hydrogen-bond acceptors (Lipinski definition) is 3. The minimum atomic E-state index is -0.823. The Labute approximate surface area is 176 Å². The Balaban J connectivity index is 1.49. The van der Waals surface area contributed by atoms with Crippen LogP contribution in [-0.4, -0.2) is 41.6 Å². The van der Waals surface area contributed by atoms with E-state index in [0.717, 1.165) is 47.5 Å². The topological polar surface area (TPSA) is 72.9 Å². The lowest BCUT2D eigenvalue weighted by Gasteiger charge is -2.30. The molecule has 4 rings (SSSR count). The maximum absolute atomic E-state index is 12.3. The van der Waals surface area contributed by atoms with Crippen LogP contribution in [0.15, 0.2) is 42.5 Å². The molecule has 2 aliphatic heterocycles. The number of piperidine rings is 1. The first kappa shape index (κ1) is 20.0. The molecule has 0 aromatic heterocycles. The van der Waals surface area contributed by atoms with Gasteiger partial charge in [-0.05, 0) is 53.6 Å². The number of amides is 2. The maximum Gasteiger partial charge on any atom is 0.407 e. The molecule has 156 valence electrons. The molecule has 0 spiro atoms. The molecule has 2 heterocycles. The molecule has 2 N–H and O–H groups in total. The van der Waals surface area contributed by atoms with Crippen molar-refractivity contribution in [2.45, 2.75) is 26.3 Å². The van der Waals surface area contributed by atoms with E-state index in [2.05, 4.69) is 35.7 Å². The van der Waals surface area contributed by atoms with Crippen molar-refractivity contribution in [3.63, 3.8) is 0 Å². The molecule has 6 heteroatoms. The predicted molar refractivity (Wildman–Crippen MR) is 119 cm³/mol. The summed E-state index contributed by atoms with van der Waals surface area (Å²) in [4.78, 5) is 26.7. The van der Waals surface area contributed by atoms with Gasteiger partial charge in [-0.25, -0.2) is 4.79 Å². The lowest BCUT2D eigenvalue weighted by atomic mass is 9.96. The Bertz CT molecular complexity index is 977. The van der Waals surface area contributed by atoms with Crippen molar-refractivity contribution in [3.8, 4) is 0 Å². The van der Waals surface area contributed by atoms with Crippen molar-refractivity contribution in [1.29, 1.82) is 0 Å². The standard InChI is InChI=1S/C24H27N3O3/c1-17(28)27-16-21-8-9-22(25-15-18-10-12-26(13-11-18)24(29)30)14-20(21)7-6-19-4-2-3-5-23(19)27/h2-9,14,18,25H,10-13,15-16H2,1H3,(H,29,30). The lowest BCUT2D eigenvalue weighted by Crippen LogP contribution is -2.39. The van der Waals surface area contributed by atoms with E-state index < -0.39 is 6.09 Å². The molecular weight excluding hydrogens is 378 g/mol. The number of hydrogen-bond donors (Lipinski definition) is 2. The summed E-state index contributed by atoms with van der Waals surface area (Å²) in [6.07, 6.45) is 5.12. The van der Waals surface area contributed by atoms with E-state index in [9.17, 15) is 9.59 Å². The third kappa shape index (κ3) is 4.32. The molecule has 2 aromatic carbocycles. The highest BCUT2D eigenvalue weighted by Gasteiger charge is 2.22. The summed E-state index contributed by atoms with van der Waals surface area (Å²) in [6.45, 7) is 4.19. The summed E-state index contributed by atoms with van der Waals surface area (Å²) in [7, 11) is 0. The third-order valence-electron chi connectivity index (χ3n) is 6.00. The number of fused-ring (bicyclic) bond motifs is 2. The Morgan fingerprint density at radius 3 is 2.53 bits per heavy atom. The van der Waals surface area contributed by atoms with Crippen molar-refractivity contribution in [2.75, 3.05) is 29.9 Å². The zero-order valence-electron chi connectivity index (χ0n) is 17.2. The highest BCUT2D eigenvalue weighted by Crippen LogP contribution is 2.30. The number of carbonyl (C=O) groups is 2. The number of nitrogens with zero attached hydrogens (tertiary/aromatic N) is 2. The monoisotopic (exact) mass is 405 g/mol. The molecule has 0 unspecified atom stereocenters. The SMILES string of the molecule is CC(=O)N1Cc2ccc(NCC3CCN(C(=O)O)CC3)cc2C=Cc2ccccc21. The second kappa shape index (κ2) is 8.61. The Morgan fingerprint density at radius 1 is 1.07 bits per heavy atom. The average molecular weight is 405 g/mol. The minimum Gasteiger partial charge on any atom is -0.465 e. The maximum atomic E-state index is 12.3. The summed E-state index contributed by atoms with van der Waals surface area (Å²) in [5.74, 6) is 0.497. The fourth-order valence-electron chi connectivity index (χ4n) is 4.18. The van der Waals surface area contributed by atoms with Gasteiger partial charge in [-0.2, -0.15) is 0 Å². The minimum absolute atomic E-state index is 0.0265. The zero-order valence-corrected chi connectivity index (χ0v) is 17.2. The van der Waals surface area contributed by atoms with Gasteiger partial charge in [-0.15, -0.1) is 0 Å². The molecular formula is C24H27N3O3. The largest absolute Gasteiger partial charge is 0.465 e. The van der Waals surface area contributed by atoms with E-state index >= 15 is 0 Å². The van der Waals surface area contributed by atoms with Crippen LogP contribution >= 0.6 is 0 Å². The van der Waals surface area contributed by atoms with Crippen molar-refractivity contribution in [1.82, 2.24) is 4.90 Å². The average Bonchev–Trinajstić information content (AvgIpc) is 2.74. The Hall–Kier alpha value is -3.28. The van der Waals surface area contributed by atoms with Gasteiger partial charge in [0.15, 0.2) is 0 Å². The summed E-state index contributed by atoms with van der Waals surface area (Å²) >= 11 is 0. The molecule has 2 aliphatic rings. The smallest absolute Gasteiger partial charge is 0.407 e. The Kier molecular flexibility index (Phi) is 5.74. The van der Waals surface area contributed by atoms with Crippen LogP contribution in [0.1, 0.15) is 36.5 Å². The lowest BCUT2D eigenvalue weighted by molar-refractivity contribution is -0.116. The van der Waals surface area contributed by atoms with Gasteiger partial charge in [-0.1, -0.05) is 36.4 Å². The van der Waals surface area contributed by atoms with Crippen LogP contribution in [0.3, 0.4) is 0 Å². The van der Waals surface area contributed by atoms with Gasteiger partial charge >= 0.3 is 6.09 Å². The van der Waals surface area contributed by atoms with Crippen LogP contribution in [0.2, 0.25) is 0 Å². The molecule has 0 saturated carbocycles. The van der Waals surface area contributed by atoms with Gasteiger partial charge < -0.3 is 20.2 Å². The number of carbonyl (C=O) groups excluding carboxylic acids is 1. The molecule has 0 atom stereocenters. The van der Waals surface area contributed by atoms with E-state index in [1.807, 2.05) is 29.2 Å². The first-order chi connectivity index (χ1) is 14.5. The molecule has 30 heavy (non-hydrogen) atoms. The van der Waals surface area contributed by atoms with E-state index in [0.29, 0.717) is 25.6 Å². The fraction of sp³-hybridized carbons (Fsp3) is 0.333. The van der Waals surface area contributed by atoms with Gasteiger partial charge in [-0.3, -0.25) is 4.79 Å². The number of likely N-dealkylation sites (tertiary alicyclic amines) is 1. The van der Waals surface area contributed by atoms with Gasteiger partial charge in [0.2, 0.25) is 5.91 Å². The highest BCUT2D eigenvalue weighted by atomic mass is 16.4. The summed E-state index contributed by atoms with van der Waals surface area (Å²) < 4.78 is 0. The predicted octanol–water partition coefficient (Wildman–Crippen LogP) is 4.53. The van der Waals surface area contributed by atoms with E-state index in [-0.39, 0.29) is 5.91 Å². The molecule has 1 fully saturated rings. The van der Waals surface area contributed by atoms with Crippen LogP contribution in [-0.2, 0) is 11.3 Å². The number of carboxylic acid groups (broad SMARTS) is 1. The quantitative estimate of drug-likeness (QED) is 0.787. The summed E-state index contributed by atoms with van der Waals surface area (Å²) in [6, 6.07) is 14.2. The molecule has 2 aromatic rings. The van der Waals surface area contributed by atoms with Gasteiger partial charge in [0.25, 0.3) is 0 Å². The fourth-order valence-corrected chi connectivity index (χ4v) is 4.18. The molecule has 0 bridgehead atoms. The number of benzene rings is 2. The van der Waals surface area contributed by atoms with Crippen LogP contribution < -0.4 is 10.2 Å². The first-order valence-electron chi connectivity index (χ1n) is 10.4. The molecule has 0 radical (unpaired) electrons. The summed E-state index contributed by atoms with van der Waals surface area (Å²) in [5.41, 5.74) is 5.21. The summed E-state index contributed by atoms with van der Waals surface area (Å²) in [5, 5.41) is 12.6. The molecule has 6 nitrogen and oxygen atoms in total. The van der Waals surface area contributed by atoms with Crippen molar-refractivity contribution >= 4 is 35.5 Å². The van der Waals surface area contributed by atoms with Crippen LogP contribution in [0, 0.1) is 5.92 Å². The van der Waals surface area contributed by atoms with Crippen molar-refractivity contribution < 1.29 is 14.7 Å². The van der Waals surface area contributed by atoms with E-state index in [1.54, 1.807) is 6.92 Å². The van der Waals surface area contributed by atoms with Crippen molar-refractivity contribution in [3.05, 3.63) is 59.2 Å². The second-order valence-corrected chi connectivity index (χ2v) is 8.00. The van der Waals surface area contributed by atoms with Crippen molar-refractivity contribution in [2.24, 2.45) is 5.92 Å². The second-order valence-electron chi connectivity index (χ2n) is 8.00. The van der Waals surface area contributed by atoms with Crippen LogP contribution in [0.4, 0.5) is 16.2 Å². The first-order valence-corrected chi connectivity index (χ1v) is 10.4. The number of nitrogens with one attached hydrogen (secondary N) is 1. The number of para-hydroxylation sites is 1. The van der Waals surface area contributed by atoms with Crippen LogP contribution in [0.25, 0.3) is 12.2 Å². The zero-order chi connectivity index (χ0) is 21.1. The highest BCUT2D eigenvalue weighted by molar-refractivity contribution is 5.95. The molecule has 0 aliphatic carbocycles. The molecule has 2 amide bonds. The Morgan fingerprint density at radius 2 is 1.80 bits per heavy atom. The molecule has 1 saturated heterocycles. The normalized spacial score (nSPS) is 16.3. The number of anilines is 2. The van der Waals surface area contributed by atoms with Gasteiger partial charge in [0.1, 0.15) is 0 Å². The number of rotatable bonds is 3. The third-order valence-corrected chi connectivity index (χ3v) is 6.00. The van der Waals surface area contributed by atoms with E-state index in [4.69, 9.17) is 5.11 Å². The van der Waals surface area contributed by atoms with Crippen LogP contribution in [0.5, 0.6) is 0 Å². The van der Waals surface area contributed by atoms with Gasteiger partial charge in [0.05, 0.1) is 12.2 Å². The van der Waals surface area contributed by atoms with E-state index in [1.165, 1.54) is 4.90 Å². The van der Waals surface area contributed by atoms with Gasteiger partial charge in [0, 0.05) is 32.2 Å².